The summed E-state index contributed by atoms with van der Waals surface area (Å²) in [5.74, 6) is 0.0902. The average Bonchev–Trinajstić information content (AvgIpc) is 2.69. The van der Waals surface area contributed by atoms with Crippen LogP contribution in [0.15, 0.2) is 42.5 Å². The van der Waals surface area contributed by atoms with Gasteiger partial charge in [-0.25, -0.2) is 0 Å². The highest BCUT2D eigenvalue weighted by atomic mass is 35.5. The van der Waals surface area contributed by atoms with Gasteiger partial charge in [0, 0.05) is 28.7 Å². The molecule has 0 heterocycles. The van der Waals surface area contributed by atoms with Crippen molar-refractivity contribution in [2.45, 2.75) is 39.8 Å². The van der Waals surface area contributed by atoms with Crippen molar-refractivity contribution >= 4 is 35.0 Å². The number of benzene rings is 2. The number of hydrogen-bond acceptors (Lipinski definition) is 3. The number of carbonyl (C=O) groups excluding carboxylic acids is 2. The van der Waals surface area contributed by atoms with Crippen LogP contribution >= 0.6 is 23.2 Å². The summed E-state index contributed by atoms with van der Waals surface area (Å²) in [6.45, 7) is 6.00. The molecule has 1 atom stereocenters. The minimum absolute atomic E-state index is 0.115. The van der Waals surface area contributed by atoms with Crippen molar-refractivity contribution in [2.75, 3.05) is 13.2 Å². The lowest BCUT2D eigenvalue weighted by Gasteiger charge is -2.31. The summed E-state index contributed by atoms with van der Waals surface area (Å²) in [6.07, 6.45) is 0.448. The van der Waals surface area contributed by atoms with Crippen molar-refractivity contribution in [3.05, 3.63) is 63.6 Å². The van der Waals surface area contributed by atoms with Gasteiger partial charge in [-0.3, -0.25) is 9.59 Å². The van der Waals surface area contributed by atoms with Crippen LogP contribution in [0.4, 0.5) is 0 Å². The van der Waals surface area contributed by atoms with Crippen molar-refractivity contribution in [3.63, 3.8) is 0 Å². The summed E-state index contributed by atoms with van der Waals surface area (Å²) < 4.78 is 5.72. The summed E-state index contributed by atoms with van der Waals surface area (Å²) in [5.41, 5.74) is 1.53. The zero-order valence-electron chi connectivity index (χ0n) is 16.9. The molecule has 0 radical (unpaired) electrons. The molecule has 2 rings (SSSR count). The zero-order valence-corrected chi connectivity index (χ0v) is 18.4. The highest BCUT2D eigenvalue weighted by molar-refractivity contribution is 6.36. The molecule has 7 heteroatoms. The first-order valence-corrected chi connectivity index (χ1v) is 10.3. The van der Waals surface area contributed by atoms with Gasteiger partial charge in [-0.15, -0.1) is 0 Å². The Balaban J connectivity index is 2.28. The third-order valence-electron chi connectivity index (χ3n) is 4.57. The third-order valence-corrected chi connectivity index (χ3v) is 5.28. The zero-order chi connectivity index (χ0) is 21.4. The second-order valence-corrected chi connectivity index (χ2v) is 7.41. The van der Waals surface area contributed by atoms with Gasteiger partial charge in [-0.1, -0.05) is 54.4 Å². The first-order chi connectivity index (χ1) is 13.9. The summed E-state index contributed by atoms with van der Waals surface area (Å²) in [4.78, 5) is 27.2. The number of likely N-dealkylation sites (N-methyl/N-ethyl adjacent to an activating group) is 1. The van der Waals surface area contributed by atoms with Crippen molar-refractivity contribution in [1.82, 2.24) is 10.2 Å². The number of halogens is 2. The van der Waals surface area contributed by atoms with Crippen LogP contribution in [-0.4, -0.2) is 35.9 Å². The van der Waals surface area contributed by atoms with Crippen LogP contribution in [0.25, 0.3) is 0 Å². The molecule has 29 heavy (non-hydrogen) atoms. The molecule has 0 saturated carbocycles. The predicted molar refractivity (Wildman–Crippen MR) is 116 cm³/mol. The van der Waals surface area contributed by atoms with E-state index in [0.29, 0.717) is 34.3 Å². The number of para-hydroxylation sites is 1. The molecule has 0 bridgehead atoms. The van der Waals surface area contributed by atoms with Crippen LogP contribution in [0.2, 0.25) is 10.0 Å². The molecule has 2 aromatic rings. The first kappa shape index (κ1) is 23.0. The normalized spacial score (nSPS) is 11.6. The van der Waals surface area contributed by atoms with Gasteiger partial charge < -0.3 is 15.0 Å². The number of amides is 2. The number of ether oxygens (including phenoxy) is 1. The molecule has 156 valence electrons. The minimum Gasteiger partial charge on any atom is -0.484 e. The van der Waals surface area contributed by atoms with Crippen molar-refractivity contribution in [1.29, 1.82) is 0 Å². The van der Waals surface area contributed by atoms with Crippen LogP contribution in [0, 0.1) is 6.92 Å². The molecule has 0 saturated heterocycles. The molecule has 5 nitrogen and oxygen atoms in total. The van der Waals surface area contributed by atoms with Gasteiger partial charge >= 0.3 is 0 Å². The fourth-order valence-corrected chi connectivity index (χ4v) is 3.52. The third kappa shape index (κ3) is 6.12. The second kappa shape index (κ2) is 11.1. The number of nitrogens with zero attached hydrogens (tertiary/aromatic N) is 1. The Kier molecular flexibility index (Phi) is 8.80. The van der Waals surface area contributed by atoms with Crippen LogP contribution in [0.5, 0.6) is 5.75 Å². The van der Waals surface area contributed by atoms with Gasteiger partial charge in [0.2, 0.25) is 5.91 Å². The number of carbonyl (C=O) groups is 2. The molecular formula is C22H26Cl2N2O3. The maximum atomic E-state index is 13.1. The quantitative estimate of drug-likeness (QED) is 0.623. The summed E-state index contributed by atoms with van der Waals surface area (Å²) in [7, 11) is 0. The summed E-state index contributed by atoms with van der Waals surface area (Å²) >= 11 is 12.6. The lowest BCUT2D eigenvalue weighted by atomic mass is 10.1. The number of rotatable bonds is 9. The fraction of sp³-hybridized carbons (Fsp3) is 0.364. The molecular weight excluding hydrogens is 411 g/mol. The van der Waals surface area contributed by atoms with E-state index in [1.165, 1.54) is 4.90 Å². The Morgan fingerprint density at radius 1 is 1.07 bits per heavy atom. The van der Waals surface area contributed by atoms with Gasteiger partial charge in [0.05, 0.1) is 0 Å². The second-order valence-electron chi connectivity index (χ2n) is 6.59. The van der Waals surface area contributed by atoms with E-state index in [2.05, 4.69) is 5.32 Å². The Bertz CT molecular complexity index is 837. The van der Waals surface area contributed by atoms with E-state index in [0.717, 1.165) is 5.56 Å². The van der Waals surface area contributed by atoms with Crippen LogP contribution in [-0.2, 0) is 16.1 Å². The SMILES string of the molecule is CCNC(=O)C(CC)N(Cc1c(Cl)cccc1Cl)C(=O)COc1ccccc1C. The summed E-state index contributed by atoms with van der Waals surface area (Å²) in [6, 6.07) is 12.0. The van der Waals surface area contributed by atoms with Gasteiger partial charge in [-0.05, 0) is 44.0 Å². The molecule has 0 spiro atoms. The maximum Gasteiger partial charge on any atom is 0.261 e. The van der Waals surface area contributed by atoms with Crippen molar-refractivity contribution < 1.29 is 14.3 Å². The first-order valence-electron chi connectivity index (χ1n) is 9.57. The number of aryl methyl sites for hydroxylation is 1. The minimum atomic E-state index is -0.657. The van der Waals surface area contributed by atoms with E-state index >= 15 is 0 Å². The van der Waals surface area contributed by atoms with Crippen LogP contribution in [0.1, 0.15) is 31.4 Å². The molecule has 0 aromatic heterocycles. The number of nitrogens with one attached hydrogen (secondary N) is 1. The van der Waals surface area contributed by atoms with Gasteiger partial charge in [0.25, 0.3) is 5.91 Å². The molecule has 2 aromatic carbocycles. The van der Waals surface area contributed by atoms with E-state index in [1.54, 1.807) is 24.3 Å². The Hall–Kier alpha value is -2.24. The van der Waals surface area contributed by atoms with Gasteiger partial charge in [0.1, 0.15) is 11.8 Å². The average molecular weight is 437 g/mol. The molecule has 0 aliphatic heterocycles. The predicted octanol–water partition coefficient (Wildman–Crippen LogP) is 4.62. The van der Waals surface area contributed by atoms with Crippen molar-refractivity contribution in [2.24, 2.45) is 0 Å². The van der Waals surface area contributed by atoms with Gasteiger partial charge in [0.15, 0.2) is 6.61 Å². The molecule has 1 unspecified atom stereocenters. The van der Waals surface area contributed by atoms with Crippen molar-refractivity contribution in [3.8, 4) is 5.75 Å². The Labute approximate surface area is 181 Å². The standard InChI is InChI=1S/C22H26Cl2N2O3/c1-4-19(22(28)25-5-2)26(13-16-17(23)10-8-11-18(16)24)21(27)14-29-20-12-7-6-9-15(20)3/h6-12,19H,4-5,13-14H2,1-3H3,(H,25,28). The van der Waals surface area contributed by atoms with Crippen LogP contribution < -0.4 is 10.1 Å². The van der Waals surface area contributed by atoms with E-state index in [-0.39, 0.29) is 25.0 Å². The fourth-order valence-electron chi connectivity index (χ4n) is 3.01. The Morgan fingerprint density at radius 3 is 2.31 bits per heavy atom. The monoisotopic (exact) mass is 436 g/mol. The molecule has 0 aliphatic carbocycles. The Morgan fingerprint density at radius 2 is 1.72 bits per heavy atom. The van der Waals surface area contributed by atoms with Crippen LogP contribution in [0.3, 0.4) is 0 Å². The highest BCUT2D eigenvalue weighted by Gasteiger charge is 2.29. The topological polar surface area (TPSA) is 58.6 Å². The molecule has 1 N–H and O–H groups in total. The molecule has 2 amide bonds. The largest absolute Gasteiger partial charge is 0.484 e. The van der Waals surface area contributed by atoms with E-state index < -0.39 is 6.04 Å². The lowest BCUT2D eigenvalue weighted by molar-refractivity contribution is -0.142. The van der Waals surface area contributed by atoms with Gasteiger partial charge in [-0.2, -0.15) is 0 Å². The van der Waals surface area contributed by atoms with E-state index in [9.17, 15) is 9.59 Å². The van der Waals surface area contributed by atoms with E-state index in [4.69, 9.17) is 27.9 Å². The molecule has 0 fully saturated rings. The van der Waals surface area contributed by atoms with E-state index in [1.807, 2.05) is 39.0 Å². The smallest absolute Gasteiger partial charge is 0.261 e. The summed E-state index contributed by atoms with van der Waals surface area (Å²) in [5, 5.41) is 3.68. The maximum absolute atomic E-state index is 13.1. The molecule has 0 aliphatic rings. The lowest BCUT2D eigenvalue weighted by Crippen LogP contribution is -2.50. The highest BCUT2D eigenvalue weighted by Crippen LogP contribution is 2.27. The number of hydrogen-bond donors (Lipinski definition) is 1.